The Bertz CT molecular complexity index is 1580. The van der Waals surface area contributed by atoms with Crippen LogP contribution in [-0.4, -0.2) is 42.5 Å². The molecular weight excluding hydrogens is 444 g/mol. The lowest BCUT2D eigenvalue weighted by atomic mass is 9.95. The van der Waals surface area contributed by atoms with Crippen LogP contribution in [0, 0.1) is 6.92 Å². The normalized spacial score (nSPS) is 17.6. The maximum Gasteiger partial charge on any atom is 0.312 e. The van der Waals surface area contributed by atoms with Gasteiger partial charge in [-0.25, -0.2) is 9.97 Å². The summed E-state index contributed by atoms with van der Waals surface area (Å²) in [6, 6.07) is 13.1. The molecule has 4 aromatic heterocycles. The first-order chi connectivity index (χ1) is 17.2. The number of pyridine rings is 1. The molecule has 7 rings (SSSR count). The van der Waals surface area contributed by atoms with Gasteiger partial charge in [-0.2, -0.15) is 0 Å². The smallest absolute Gasteiger partial charge is 0.312 e. The number of benzene rings is 1. The van der Waals surface area contributed by atoms with Crippen LogP contribution >= 0.6 is 0 Å². The molecule has 9 nitrogen and oxygen atoms in total. The number of aromatic amines is 1. The molecule has 0 bridgehead atoms. The molecule has 0 radical (unpaired) electrons. The summed E-state index contributed by atoms with van der Waals surface area (Å²) in [4.78, 5) is 27.8. The van der Waals surface area contributed by atoms with Crippen molar-refractivity contribution in [2.45, 2.75) is 38.1 Å². The van der Waals surface area contributed by atoms with Gasteiger partial charge in [0.25, 0.3) is 5.89 Å². The van der Waals surface area contributed by atoms with Crippen LogP contribution in [0.25, 0.3) is 22.6 Å². The van der Waals surface area contributed by atoms with Crippen molar-refractivity contribution in [1.29, 1.82) is 0 Å². The fraction of sp³-hybridized carbons (Fsp3) is 0.269. The summed E-state index contributed by atoms with van der Waals surface area (Å²) < 4.78 is 12.3. The number of furan rings is 1. The van der Waals surface area contributed by atoms with E-state index in [0.29, 0.717) is 24.6 Å². The Kier molecular flexibility index (Phi) is 4.39. The minimum Gasteiger partial charge on any atom is -0.458 e. The number of hydrogen-bond donors (Lipinski definition) is 1. The molecule has 35 heavy (non-hydrogen) atoms. The first-order valence-electron chi connectivity index (χ1n) is 11.8. The highest BCUT2D eigenvalue weighted by Gasteiger charge is 2.42. The first kappa shape index (κ1) is 20.1. The Morgan fingerprint density at radius 1 is 1.09 bits per heavy atom. The molecule has 1 fully saturated rings. The summed E-state index contributed by atoms with van der Waals surface area (Å²) in [5, 5.41) is 9.27. The van der Waals surface area contributed by atoms with Crippen LogP contribution in [-0.2, 0) is 6.42 Å². The number of aryl methyl sites for hydroxylation is 1. The number of nitrogens with one attached hydrogen (secondary N) is 1. The van der Waals surface area contributed by atoms with Gasteiger partial charge in [0.15, 0.2) is 0 Å². The van der Waals surface area contributed by atoms with Crippen molar-refractivity contribution in [2.24, 2.45) is 0 Å². The van der Waals surface area contributed by atoms with Gasteiger partial charge in [0, 0.05) is 35.3 Å². The van der Waals surface area contributed by atoms with Crippen LogP contribution in [0.15, 0.2) is 57.6 Å². The van der Waals surface area contributed by atoms with E-state index in [2.05, 4.69) is 31.2 Å². The summed E-state index contributed by atoms with van der Waals surface area (Å²) >= 11 is 0. The highest BCUT2D eigenvalue weighted by Crippen LogP contribution is 2.50. The minimum atomic E-state index is -0.479. The maximum atomic E-state index is 13.8. The molecule has 9 heteroatoms. The van der Waals surface area contributed by atoms with Crippen molar-refractivity contribution in [3.05, 3.63) is 83.1 Å². The lowest BCUT2D eigenvalue weighted by Gasteiger charge is -2.33. The Labute approximate surface area is 200 Å². The van der Waals surface area contributed by atoms with Gasteiger partial charge in [-0.15, -0.1) is 10.2 Å². The summed E-state index contributed by atoms with van der Waals surface area (Å²) in [5.74, 6) is 0.995. The molecule has 174 valence electrons. The number of imidazole rings is 1. The highest BCUT2D eigenvalue weighted by atomic mass is 16.4. The van der Waals surface area contributed by atoms with Gasteiger partial charge >= 0.3 is 11.8 Å². The second-order valence-corrected chi connectivity index (χ2v) is 9.14. The molecule has 5 aromatic rings. The van der Waals surface area contributed by atoms with E-state index in [1.807, 2.05) is 37.3 Å². The van der Waals surface area contributed by atoms with E-state index in [4.69, 9.17) is 8.83 Å². The van der Waals surface area contributed by atoms with Crippen LogP contribution in [0.5, 0.6) is 0 Å². The number of aromatic nitrogens is 5. The van der Waals surface area contributed by atoms with Crippen molar-refractivity contribution < 1.29 is 13.6 Å². The zero-order valence-electron chi connectivity index (χ0n) is 19.1. The van der Waals surface area contributed by atoms with Gasteiger partial charge in [-0.05, 0) is 43.9 Å². The maximum absolute atomic E-state index is 13.8. The van der Waals surface area contributed by atoms with Gasteiger partial charge in [0.2, 0.25) is 0 Å². The second kappa shape index (κ2) is 7.63. The number of carbonyl (C=O) groups excluding carboxylic acids is 1. The van der Waals surface area contributed by atoms with E-state index in [0.717, 1.165) is 46.7 Å². The largest absolute Gasteiger partial charge is 0.458 e. The molecule has 1 atom stereocenters. The molecule has 1 saturated carbocycles. The average molecular weight is 467 g/mol. The van der Waals surface area contributed by atoms with E-state index >= 15 is 0 Å². The Hall–Kier alpha value is -4.27. The lowest BCUT2D eigenvalue weighted by Crippen LogP contribution is -2.41. The zero-order valence-corrected chi connectivity index (χ0v) is 19.1. The zero-order chi connectivity index (χ0) is 23.5. The number of H-pyrrole nitrogens is 1. The number of nitrogens with zero attached hydrogens (tertiary/aromatic N) is 5. The van der Waals surface area contributed by atoms with E-state index in [9.17, 15) is 4.79 Å². The SMILES string of the molecule is Cc1cccc(-c2nnc(C(=O)N3CCc4[nH]cnc4[C@@H]3c3oc4ccccc4c3C3CC3)o2)n1. The predicted octanol–water partition coefficient (Wildman–Crippen LogP) is 4.57. The van der Waals surface area contributed by atoms with Crippen molar-refractivity contribution in [3.8, 4) is 11.6 Å². The molecule has 0 saturated heterocycles. The van der Waals surface area contributed by atoms with Crippen LogP contribution < -0.4 is 0 Å². The quantitative estimate of drug-likeness (QED) is 0.412. The van der Waals surface area contributed by atoms with Crippen molar-refractivity contribution in [3.63, 3.8) is 0 Å². The van der Waals surface area contributed by atoms with Gasteiger partial charge < -0.3 is 18.7 Å². The molecular formula is C26H22N6O3. The number of hydrogen-bond acceptors (Lipinski definition) is 7. The summed E-state index contributed by atoms with van der Waals surface area (Å²) in [6.45, 7) is 2.36. The van der Waals surface area contributed by atoms with Crippen molar-refractivity contribution in [2.75, 3.05) is 6.54 Å². The topological polar surface area (TPSA) is 114 Å². The molecule has 0 spiro atoms. The van der Waals surface area contributed by atoms with Crippen LogP contribution in [0.2, 0.25) is 0 Å². The van der Waals surface area contributed by atoms with Gasteiger partial charge in [-0.1, -0.05) is 24.3 Å². The highest BCUT2D eigenvalue weighted by molar-refractivity contribution is 5.91. The third kappa shape index (κ3) is 3.26. The monoisotopic (exact) mass is 466 g/mol. The molecule has 0 unspecified atom stereocenters. The number of para-hydroxylation sites is 1. The Balaban J connectivity index is 1.33. The lowest BCUT2D eigenvalue weighted by molar-refractivity contribution is 0.0631. The summed E-state index contributed by atoms with van der Waals surface area (Å²) in [7, 11) is 0. The van der Waals surface area contributed by atoms with Crippen molar-refractivity contribution >= 4 is 16.9 Å². The number of carbonyl (C=O) groups is 1. The fourth-order valence-corrected chi connectivity index (χ4v) is 5.04. The summed E-state index contributed by atoms with van der Waals surface area (Å²) in [5.41, 5.74) is 5.17. The van der Waals surface area contributed by atoms with Gasteiger partial charge in [0.05, 0.1) is 12.0 Å². The predicted molar refractivity (Wildman–Crippen MR) is 126 cm³/mol. The Morgan fingerprint density at radius 3 is 2.83 bits per heavy atom. The standard InChI is InChI=1S/C26H22N6O3/c1-14-5-4-7-18(29-14)24-30-31-25(35-24)26(33)32-12-11-17-21(28-13-27-17)22(32)23-20(15-9-10-15)16-6-2-3-8-19(16)34-23/h2-8,13,15,22H,9-12H2,1H3,(H,27,28)/t22-/m1/s1. The fourth-order valence-electron chi connectivity index (χ4n) is 5.04. The molecule has 1 amide bonds. The number of fused-ring (bicyclic) bond motifs is 2. The van der Waals surface area contributed by atoms with Crippen molar-refractivity contribution in [1.82, 2.24) is 30.0 Å². The average Bonchev–Trinajstić information content (AvgIpc) is 3.27. The van der Waals surface area contributed by atoms with Gasteiger partial charge in [-0.3, -0.25) is 4.79 Å². The van der Waals surface area contributed by atoms with Crippen LogP contribution in [0.4, 0.5) is 0 Å². The summed E-state index contributed by atoms with van der Waals surface area (Å²) in [6.07, 6.45) is 4.55. The first-order valence-corrected chi connectivity index (χ1v) is 11.8. The van der Waals surface area contributed by atoms with Crippen LogP contribution in [0.1, 0.15) is 63.9 Å². The van der Waals surface area contributed by atoms with E-state index < -0.39 is 6.04 Å². The third-order valence-corrected chi connectivity index (χ3v) is 6.80. The molecule has 1 aliphatic heterocycles. The van der Waals surface area contributed by atoms with Crippen LogP contribution in [0.3, 0.4) is 0 Å². The molecule has 1 N–H and O–H groups in total. The molecule has 5 heterocycles. The molecule has 1 aliphatic carbocycles. The number of amides is 1. The number of rotatable bonds is 4. The minimum absolute atomic E-state index is 0.0728. The molecule has 2 aliphatic rings. The van der Waals surface area contributed by atoms with E-state index in [-0.39, 0.29) is 17.7 Å². The van der Waals surface area contributed by atoms with Gasteiger partial charge in [0.1, 0.15) is 23.1 Å². The molecule has 1 aromatic carbocycles. The Morgan fingerprint density at radius 2 is 1.97 bits per heavy atom. The second-order valence-electron chi connectivity index (χ2n) is 9.14. The van der Waals surface area contributed by atoms with E-state index in [1.165, 1.54) is 5.56 Å². The third-order valence-electron chi connectivity index (χ3n) is 6.80. The van der Waals surface area contributed by atoms with E-state index in [1.54, 1.807) is 17.3 Å².